The van der Waals surface area contributed by atoms with Crippen LogP contribution in [0.3, 0.4) is 0 Å². The lowest BCUT2D eigenvalue weighted by Crippen LogP contribution is -2.02. The molecular weight excluding hydrogens is 406 g/mol. The van der Waals surface area contributed by atoms with Gasteiger partial charge in [-0.3, -0.25) is 4.57 Å². The Hall–Kier alpha value is -2.65. The highest BCUT2D eigenvalue weighted by Gasteiger charge is 2.24. The number of thiophene rings is 1. The first-order chi connectivity index (χ1) is 14.1. The summed E-state index contributed by atoms with van der Waals surface area (Å²) in [5.74, 6) is 3.02. The molecule has 0 aliphatic heterocycles. The molecule has 1 atom stereocenters. The number of nitrogens with zero attached hydrogens (tertiary/aromatic N) is 5. The first-order valence-electron chi connectivity index (χ1n) is 9.21. The molecular formula is C20H21N5O2S2. The fourth-order valence-corrected chi connectivity index (χ4v) is 4.39. The summed E-state index contributed by atoms with van der Waals surface area (Å²) in [5.41, 5.74) is 0.881. The van der Waals surface area contributed by atoms with Crippen molar-refractivity contribution in [1.29, 1.82) is 0 Å². The normalized spacial score (nSPS) is 12.4. The minimum atomic E-state index is -0.0798. The highest BCUT2D eigenvalue weighted by molar-refractivity contribution is 7.99. The van der Waals surface area contributed by atoms with Crippen LogP contribution < -0.4 is 4.74 Å². The minimum absolute atomic E-state index is 0.0798. The molecule has 0 spiro atoms. The highest BCUT2D eigenvalue weighted by Crippen LogP contribution is 2.39. The van der Waals surface area contributed by atoms with Gasteiger partial charge in [0.05, 0.1) is 22.9 Å². The summed E-state index contributed by atoms with van der Waals surface area (Å²) in [7, 11) is 1.66. The molecule has 3 aromatic heterocycles. The Kier molecular flexibility index (Phi) is 5.68. The van der Waals surface area contributed by atoms with E-state index in [-0.39, 0.29) is 11.2 Å². The SMILES string of the molecule is COc1ccccc1-n1c(S[C@H](C)c2nc(C(C)C)no2)nnc1-c1cccs1. The number of hydrogen-bond acceptors (Lipinski definition) is 8. The van der Waals surface area contributed by atoms with Crippen LogP contribution in [0.25, 0.3) is 16.4 Å². The Morgan fingerprint density at radius 2 is 1.93 bits per heavy atom. The predicted molar refractivity (Wildman–Crippen MR) is 114 cm³/mol. The van der Waals surface area contributed by atoms with E-state index in [2.05, 4.69) is 20.3 Å². The molecule has 1 aromatic carbocycles. The van der Waals surface area contributed by atoms with Crippen LogP contribution in [0.2, 0.25) is 0 Å². The van der Waals surface area contributed by atoms with Gasteiger partial charge in [0.2, 0.25) is 5.89 Å². The van der Waals surface area contributed by atoms with E-state index in [1.54, 1.807) is 18.4 Å². The Labute approximate surface area is 177 Å². The van der Waals surface area contributed by atoms with Gasteiger partial charge >= 0.3 is 0 Å². The third kappa shape index (κ3) is 3.92. The fraction of sp³-hybridized carbons (Fsp3) is 0.300. The lowest BCUT2D eigenvalue weighted by molar-refractivity contribution is 0.373. The Morgan fingerprint density at radius 1 is 1.10 bits per heavy atom. The zero-order chi connectivity index (χ0) is 20.4. The smallest absolute Gasteiger partial charge is 0.239 e. The number of methoxy groups -OCH3 is 1. The van der Waals surface area contributed by atoms with Crippen LogP contribution in [0.1, 0.15) is 43.7 Å². The zero-order valence-corrected chi connectivity index (χ0v) is 18.2. The second-order valence-electron chi connectivity index (χ2n) is 6.70. The fourth-order valence-electron chi connectivity index (χ4n) is 2.80. The standard InChI is InChI=1S/C20H21N5O2S2/c1-12(2)17-21-19(27-24-17)13(3)29-20-23-22-18(16-10-7-11-28-16)25(20)14-8-5-6-9-15(14)26-4/h5-13H,1-4H3/t13-/m1/s1. The minimum Gasteiger partial charge on any atom is -0.495 e. The van der Waals surface area contributed by atoms with Gasteiger partial charge in [-0.25, -0.2) is 0 Å². The highest BCUT2D eigenvalue weighted by atomic mass is 32.2. The maximum Gasteiger partial charge on any atom is 0.239 e. The Bertz CT molecular complexity index is 1090. The third-order valence-corrected chi connectivity index (χ3v) is 6.20. The predicted octanol–water partition coefficient (Wildman–Crippen LogP) is 5.36. The zero-order valence-electron chi connectivity index (χ0n) is 16.6. The second kappa shape index (κ2) is 8.38. The lowest BCUT2D eigenvalue weighted by Gasteiger charge is -2.14. The number of aromatic nitrogens is 5. The number of hydrogen-bond donors (Lipinski definition) is 0. The van der Waals surface area contributed by atoms with E-state index in [9.17, 15) is 0 Å². The van der Waals surface area contributed by atoms with Gasteiger partial charge in [-0.15, -0.1) is 21.5 Å². The molecule has 0 N–H and O–H groups in total. The molecule has 0 aliphatic carbocycles. The van der Waals surface area contributed by atoms with E-state index >= 15 is 0 Å². The van der Waals surface area contributed by atoms with Crippen molar-refractivity contribution in [1.82, 2.24) is 24.9 Å². The molecule has 0 saturated carbocycles. The van der Waals surface area contributed by atoms with Gasteiger partial charge in [-0.2, -0.15) is 4.98 Å². The molecule has 0 bridgehead atoms. The lowest BCUT2D eigenvalue weighted by atomic mass is 10.2. The van der Waals surface area contributed by atoms with Crippen LogP contribution in [0.4, 0.5) is 0 Å². The number of ether oxygens (including phenoxy) is 1. The van der Waals surface area contributed by atoms with Crippen LogP contribution in [-0.2, 0) is 0 Å². The summed E-state index contributed by atoms with van der Waals surface area (Å²) in [4.78, 5) is 5.55. The Balaban J connectivity index is 1.75. The summed E-state index contributed by atoms with van der Waals surface area (Å²) >= 11 is 3.14. The second-order valence-corrected chi connectivity index (χ2v) is 8.95. The third-order valence-electron chi connectivity index (χ3n) is 4.30. The van der Waals surface area contributed by atoms with E-state index in [0.717, 1.165) is 27.3 Å². The van der Waals surface area contributed by atoms with E-state index in [1.807, 2.05) is 67.1 Å². The van der Waals surface area contributed by atoms with Crippen molar-refractivity contribution in [2.75, 3.05) is 7.11 Å². The van der Waals surface area contributed by atoms with Crippen molar-refractivity contribution in [2.45, 2.75) is 37.1 Å². The molecule has 150 valence electrons. The summed E-state index contributed by atoms with van der Waals surface area (Å²) < 4.78 is 13.1. The van der Waals surface area contributed by atoms with Gasteiger partial charge in [0.1, 0.15) is 5.75 Å². The topological polar surface area (TPSA) is 78.9 Å². The van der Waals surface area contributed by atoms with Crippen molar-refractivity contribution in [3.63, 3.8) is 0 Å². The number of rotatable bonds is 7. The molecule has 3 heterocycles. The molecule has 4 aromatic rings. The quantitative estimate of drug-likeness (QED) is 0.367. The maximum absolute atomic E-state index is 5.59. The van der Waals surface area contributed by atoms with Gasteiger partial charge in [0, 0.05) is 5.92 Å². The molecule has 29 heavy (non-hydrogen) atoms. The molecule has 0 unspecified atom stereocenters. The molecule has 0 saturated heterocycles. The van der Waals surface area contributed by atoms with Gasteiger partial charge < -0.3 is 9.26 Å². The molecule has 0 fully saturated rings. The first kappa shape index (κ1) is 19.7. The summed E-state index contributed by atoms with van der Waals surface area (Å²) in [6, 6.07) is 11.9. The van der Waals surface area contributed by atoms with Gasteiger partial charge in [-0.1, -0.05) is 49.0 Å². The van der Waals surface area contributed by atoms with Crippen LogP contribution in [0.15, 0.2) is 51.5 Å². The van der Waals surface area contributed by atoms with Crippen LogP contribution in [-0.4, -0.2) is 32.0 Å². The average molecular weight is 428 g/mol. The van der Waals surface area contributed by atoms with Gasteiger partial charge in [0.15, 0.2) is 16.8 Å². The van der Waals surface area contributed by atoms with Crippen LogP contribution >= 0.6 is 23.1 Å². The van der Waals surface area contributed by atoms with E-state index in [1.165, 1.54) is 11.8 Å². The van der Waals surface area contributed by atoms with E-state index < -0.39 is 0 Å². The number of para-hydroxylation sites is 2. The van der Waals surface area contributed by atoms with E-state index in [4.69, 9.17) is 9.26 Å². The number of thioether (sulfide) groups is 1. The largest absolute Gasteiger partial charge is 0.495 e. The molecule has 7 nitrogen and oxygen atoms in total. The average Bonchev–Trinajstić information content (AvgIpc) is 3.47. The Morgan fingerprint density at radius 3 is 2.62 bits per heavy atom. The summed E-state index contributed by atoms with van der Waals surface area (Å²) in [6.07, 6.45) is 0. The summed E-state index contributed by atoms with van der Waals surface area (Å²) in [5, 5.41) is 15.7. The monoisotopic (exact) mass is 427 g/mol. The van der Waals surface area contributed by atoms with Crippen molar-refractivity contribution < 1.29 is 9.26 Å². The molecule has 9 heteroatoms. The van der Waals surface area contributed by atoms with Crippen molar-refractivity contribution in [3.8, 4) is 22.1 Å². The van der Waals surface area contributed by atoms with Crippen LogP contribution in [0, 0.1) is 0 Å². The van der Waals surface area contributed by atoms with Crippen molar-refractivity contribution >= 4 is 23.1 Å². The number of benzene rings is 1. The molecule has 0 radical (unpaired) electrons. The first-order valence-corrected chi connectivity index (χ1v) is 11.0. The molecule has 0 aliphatic rings. The molecule has 4 rings (SSSR count). The van der Waals surface area contributed by atoms with Crippen molar-refractivity contribution in [2.24, 2.45) is 0 Å². The summed E-state index contributed by atoms with van der Waals surface area (Å²) in [6.45, 7) is 6.10. The van der Waals surface area contributed by atoms with Gasteiger partial charge in [-0.05, 0) is 30.5 Å². The maximum atomic E-state index is 5.59. The molecule has 0 amide bonds. The van der Waals surface area contributed by atoms with E-state index in [0.29, 0.717) is 11.7 Å². The van der Waals surface area contributed by atoms with Crippen LogP contribution in [0.5, 0.6) is 5.75 Å². The van der Waals surface area contributed by atoms with Gasteiger partial charge in [0.25, 0.3) is 0 Å². The van der Waals surface area contributed by atoms with Crippen molar-refractivity contribution in [3.05, 3.63) is 53.5 Å².